The van der Waals surface area contributed by atoms with Gasteiger partial charge in [-0.05, 0) is 19.9 Å². The van der Waals surface area contributed by atoms with Gasteiger partial charge in [-0.2, -0.15) is 5.10 Å². The maximum absolute atomic E-state index is 11.3. The van der Waals surface area contributed by atoms with E-state index in [1.807, 2.05) is 0 Å². The Bertz CT molecular complexity index is 537. The molecule has 1 rings (SSSR count). The first-order valence-electron chi connectivity index (χ1n) is 5.21. The maximum Gasteiger partial charge on any atom is 0.271 e. The number of nitrogens with zero attached hydrogens (tertiary/aromatic N) is 2. The largest absolute Gasteiger partial charge is 0.381 e. The quantitative estimate of drug-likeness (QED) is 0.496. The average Bonchev–Trinajstić information content (AvgIpc) is 2.29. The summed E-state index contributed by atoms with van der Waals surface area (Å²) in [5, 5.41) is 23.8. The van der Waals surface area contributed by atoms with E-state index in [9.17, 15) is 20.0 Å². The zero-order chi connectivity index (χ0) is 14.6. The van der Waals surface area contributed by atoms with Crippen molar-refractivity contribution in [1.29, 1.82) is 0 Å². The van der Waals surface area contributed by atoms with Crippen molar-refractivity contribution in [1.82, 2.24) is 5.43 Å². The Morgan fingerprint density at radius 2 is 2.21 bits per heavy atom. The SMILES string of the molecule is CC(C)(O)C(=O)N/N=C/c1cc([N+](=O)[O-])ccc1Cl. The van der Waals surface area contributed by atoms with E-state index in [2.05, 4.69) is 10.5 Å². The van der Waals surface area contributed by atoms with Crippen LogP contribution in [0.2, 0.25) is 5.02 Å². The van der Waals surface area contributed by atoms with Crippen LogP contribution in [-0.2, 0) is 4.79 Å². The number of non-ortho nitro benzene ring substituents is 1. The third-order valence-electron chi connectivity index (χ3n) is 2.12. The fourth-order valence-corrected chi connectivity index (χ4v) is 1.21. The van der Waals surface area contributed by atoms with Gasteiger partial charge in [0.2, 0.25) is 0 Å². The van der Waals surface area contributed by atoms with Crippen LogP contribution in [0.4, 0.5) is 5.69 Å². The molecule has 0 heterocycles. The Labute approximate surface area is 114 Å². The first-order valence-corrected chi connectivity index (χ1v) is 5.59. The summed E-state index contributed by atoms with van der Waals surface area (Å²) in [7, 11) is 0. The molecule has 0 radical (unpaired) electrons. The molecular weight excluding hydrogens is 274 g/mol. The lowest BCUT2D eigenvalue weighted by atomic mass is 10.1. The number of nitrogens with one attached hydrogen (secondary N) is 1. The summed E-state index contributed by atoms with van der Waals surface area (Å²) in [6.45, 7) is 2.61. The van der Waals surface area contributed by atoms with Crippen LogP contribution in [-0.4, -0.2) is 27.8 Å². The average molecular weight is 286 g/mol. The lowest BCUT2D eigenvalue weighted by Crippen LogP contribution is -2.39. The third-order valence-corrected chi connectivity index (χ3v) is 2.46. The van der Waals surface area contributed by atoms with Crippen molar-refractivity contribution in [3.63, 3.8) is 0 Å². The Balaban J connectivity index is 2.85. The van der Waals surface area contributed by atoms with E-state index < -0.39 is 16.4 Å². The zero-order valence-electron chi connectivity index (χ0n) is 10.3. The molecular formula is C11H12ClN3O4. The molecule has 0 aromatic heterocycles. The molecule has 0 saturated carbocycles. The number of hydrazone groups is 1. The molecule has 19 heavy (non-hydrogen) atoms. The number of hydrogen-bond acceptors (Lipinski definition) is 5. The molecule has 102 valence electrons. The van der Waals surface area contributed by atoms with Gasteiger partial charge in [0.25, 0.3) is 11.6 Å². The Kier molecular flexibility index (Phi) is 4.57. The minimum Gasteiger partial charge on any atom is -0.381 e. The molecule has 8 heteroatoms. The van der Waals surface area contributed by atoms with Crippen molar-refractivity contribution in [3.8, 4) is 0 Å². The van der Waals surface area contributed by atoms with Crippen molar-refractivity contribution >= 4 is 29.4 Å². The van der Waals surface area contributed by atoms with Crippen LogP contribution in [0.5, 0.6) is 0 Å². The predicted octanol–water partition coefficient (Wildman–Crippen LogP) is 1.47. The molecule has 0 atom stereocenters. The van der Waals surface area contributed by atoms with Crippen molar-refractivity contribution in [2.45, 2.75) is 19.4 Å². The predicted molar refractivity (Wildman–Crippen MR) is 70.1 cm³/mol. The molecule has 0 fully saturated rings. The van der Waals surface area contributed by atoms with E-state index in [0.717, 1.165) is 0 Å². The van der Waals surface area contributed by atoms with Crippen LogP contribution < -0.4 is 5.43 Å². The van der Waals surface area contributed by atoms with E-state index in [1.54, 1.807) is 0 Å². The lowest BCUT2D eigenvalue weighted by Gasteiger charge is -2.13. The zero-order valence-corrected chi connectivity index (χ0v) is 11.0. The smallest absolute Gasteiger partial charge is 0.271 e. The number of amides is 1. The van der Waals surface area contributed by atoms with E-state index in [0.29, 0.717) is 0 Å². The molecule has 0 spiro atoms. The number of carbonyl (C=O) groups is 1. The number of aliphatic hydroxyl groups is 1. The molecule has 0 saturated heterocycles. The molecule has 1 aromatic carbocycles. The third kappa shape index (κ3) is 4.31. The van der Waals surface area contributed by atoms with Crippen molar-refractivity contribution in [2.75, 3.05) is 0 Å². The standard InChI is InChI=1S/C11H12ClN3O4/c1-11(2,17)10(16)14-13-6-7-5-8(15(18)19)3-4-9(7)12/h3-6,17H,1-2H3,(H,14,16)/b13-6+. The highest BCUT2D eigenvalue weighted by atomic mass is 35.5. The second kappa shape index (κ2) is 5.77. The van der Waals surface area contributed by atoms with Crippen LogP contribution in [0.1, 0.15) is 19.4 Å². The van der Waals surface area contributed by atoms with Gasteiger partial charge in [-0.25, -0.2) is 5.43 Å². The Morgan fingerprint density at radius 1 is 1.58 bits per heavy atom. The number of halogens is 1. The summed E-state index contributed by atoms with van der Waals surface area (Å²) in [5.41, 5.74) is 0.678. The Hall–Kier alpha value is -1.99. The van der Waals surface area contributed by atoms with Gasteiger partial charge in [-0.1, -0.05) is 11.6 Å². The van der Waals surface area contributed by atoms with Crippen LogP contribution in [0.15, 0.2) is 23.3 Å². The number of nitro groups is 1. The first kappa shape index (κ1) is 15.1. The molecule has 0 aliphatic rings. The monoisotopic (exact) mass is 285 g/mol. The summed E-state index contributed by atoms with van der Waals surface area (Å²) < 4.78 is 0. The highest BCUT2D eigenvalue weighted by molar-refractivity contribution is 6.33. The fraction of sp³-hybridized carbons (Fsp3) is 0.273. The molecule has 0 aliphatic carbocycles. The first-order chi connectivity index (χ1) is 8.71. The minimum absolute atomic E-state index is 0.139. The number of benzene rings is 1. The van der Waals surface area contributed by atoms with Gasteiger partial charge in [0.1, 0.15) is 5.60 Å². The summed E-state index contributed by atoms with van der Waals surface area (Å²) in [5.74, 6) is -0.703. The van der Waals surface area contributed by atoms with Crippen LogP contribution >= 0.6 is 11.6 Å². The summed E-state index contributed by atoms with van der Waals surface area (Å²) in [6.07, 6.45) is 1.17. The van der Waals surface area contributed by atoms with Gasteiger partial charge in [-0.3, -0.25) is 14.9 Å². The molecule has 2 N–H and O–H groups in total. The van der Waals surface area contributed by atoms with Crippen LogP contribution in [0.25, 0.3) is 0 Å². The van der Waals surface area contributed by atoms with Crippen molar-refractivity contribution < 1.29 is 14.8 Å². The van der Waals surface area contributed by atoms with E-state index >= 15 is 0 Å². The summed E-state index contributed by atoms with van der Waals surface area (Å²) >= 11 is 5.83. The van der Waals surface area contributed by atoms with Crippen LogP contribution in [0, 0.1) is 10.1 Å². The van der Waals surface area contributed by atoms with E-state index in [4.69, 9.17) is 11.6 Å². The molecule has 1 amide bonds. The minimum atomic E-state index is -1.57. The summed E-state index contributed by atoms with van der Waals surface area (Å²) in [4.78, 5) is 21.3. The second-order valence-corrected chi connectivity index (χ2v) is 4.63. The second-order valence-electron chi connectivity index (χ2n) is 4.22. The highest BCUT2D eigenvalue weighted by Crippen LogP contribution is 2.20. The number of nitro benzene ring substituents is 1. The lowest BCUT2D eigenvalue weighted by molar-refractivity contribution is -0.384. The normalized spacial score (nSPS) is 11.6. The van der Waals surface area contributed by atoms with Crippen LogP contribution in [0.3, 0.4) is 0 Å². The van der Waals surface area contributed by atoms with Crippen molar-refractivity contribution in [3.05, 3.63) is 38.9 Å². The van der Waals surface area contributed by atoms with E-state index in [1.165, 1.54) is 38.3 Å². The van der Waals surface area contributed by atoms with Gasteiger partial charge in [-0.15, -0.1) is 0 Å². The molecule has 0 aliphatic heterocycles. The summed E-state index contributed by atoms with van der Waals surface area (Å²) in [6, 6.07) is 3.84. The van der Waals surface area contributed by atoms with Crippen molar-refractivity contribution in [2.24, 2.45) is 5.10 Å². The Morgan fingerprint density at radius 3 is 2.74 bits per heavy atom. The highest BCUT2D eigenvalue weighted by Gasteiger charge is 2.22. The van der Waals surface area contributed by atoms with Gasteiger partial charge in [0.15, 0.2) is 0 Å². The van der Waals surface area contributed by atoms with Gasteiger partial charge >= 0.3 is 0 Å². The topological polar surface area (TPSA) is 105 Å². The molecule has 0 bridgehead atoms. The molecule has 0 unspecified atom stereocenters. The molecule has 1 aromatic rings. The molecule has 7 nitrogen and oxygen atoms in total. The maximum atomic E-state index is 11.3. The number of carbonyl (C=O) groups excluding carboxylic acids is 1. The van der Waals surface area contributed by atoms with Gasteiger partial charge in [0.05, 0.1) is 11.1 Å². The fourth-order valence-electron chi connectivity index (χ4n) is 1.04. The van der Waals surface area contributed by atoms with E-state index in [-0.39, 0.29) is 16.3 Å². The number of rotatable bonds is 4. The van der Waals surface area contributed by atoms with Gasteiger partial charge in [0, 0.05) is 22.7 Å². The number of hydrogen-bond donors (Lipinski definition) is 2. The van der Waals surface area contributed by atoms with Gasteiger partial charge < -0.3 is 5.11 Å².